The van der Waals surface area contributed by atoms with Crippen LogP contribution in [-0.4, -0.2) is 22.1 Å². The van der Waals surface area contributed by atoms with Crippen LogP contribution in [0.3, 0.4) is 0 Å². The Hall–Kier alpha value is -0.0600. The average Bonchev–Trinajstić information content (AvgIpc) is 1.80. The van der Waals surface area contributed by atoms with Crippen LogP contribution in [0.4, 0.5) is 0 Å². The molecule has 10 heavy (non-hydrogen) atoms. The average molecular weight is 185 g/mol. The molecule has 0 saturated carbocycles. The second kappa shape index (κ2) is 3.95. The van der Waals surface area contributed by atoms with E-state index in [0.29, 0.717) is 6.61 Å². The van der Waals surface area contributed by atoms with E-state index in [4.69, 9.17) is 10.7 Å². The fraction of sp³-hybridized carbons (Fsp3) is 0.600. The maximum Gasteiger partial charge on any atom is 0.256 e. The molecule has 3 nitrogen and oxygen atoms in total. The van der Waals surface area contributed by atoms with Gasteiger partial charge in [0.15, 0.2) is 0 Å². The SMILES string of the molecule is C=C(CCOC)S(=O)(=O)Cl. The first-order chi connectivity index (χ1) is 4.48. The molecule has 0 aromatic heterocycles. The molecule has 0 rings (SSSR count). The van der Waals surface area contributed by atoms with Gasteiger partial charge in [-0.15, -0.1) is 0 Å². The minimum Gasteiger partial charge on any atom is -0.384 e. The van der Waals surface area contributed by atoms with Gasteiger partial charge in [0.05, 0.1) is 11.5 Å². The molecule has 0 saturated heterocycles. The van der Waals surface area contributed by atoms with Crippen LogP contribution in [0.15, 0.2) is 11.5 Å². The fourth-order valence-electron chi connectivity index (χ4n) is 0.338. The lowest BCUT2D eigenvalue weighted by atomic mass is 10.4. The maximum atomic E-state index is 10.4. The third-order valence-corrected chi connectivity index (χ3v) is 2.48. The highest BCUT2D eigenvalue weighted by Crippen LogP contribution is 2.12. The predicted octanol–water partition coefficient (Wildman–Crippen LogP) is 1.11. The summed E-state index contributed by atoms with van der Waals surface area (Å²) in [6.45, 7) is 3.59. The Morgan fingerprint density at radius 2 is 2.20 bits per heavy atom. The van der Waals surface area contributed by atoms with Crippen molar-refractivity contribution in [2.45, 2.75) is 6.42 Å². The van der Waals surface area contributed by atoms with Gasteiger partial charge in [-0.2, -0.15) is 0 Å². The summed E-state index contributed by atoms with van der Waals surface area (Å²) >= 11 is 0. The molecular formula is C5H9ClO3S. The Morgan fingerprint density at radius 3 is 2.50 bits per heavy atom. The highest BCUT2D eigenvalue weighted by molar-refractivity contribution is 8.16. The van der Waals surface area contributed by atoms with E-state index in [1.165, 1.54) is 7.11 Å². The van der Waals surface area contributed by atoms with Gasteiger partial charge in [0.1, 0.15) is 0 Å². The summed E-state index contributed by atoms with van der Waals surface area (Å²) in [5.74, 6) is 0. The summed E-state index contributed by atoms with van der Waals surface area (Å²) in [6, 6.07) is 0. The minimum absolute atomic E-state index is 0.00369. The van der Waals surface area contributed by atoms with Crippen molar-refractivity contribution >= 4 is 19.7 Å². The van der Waals surface area contributed by atoms with Crippen molar-refractivity contribution in [2.75, 3.05) is 13.7 Å². The molecule has 0 aliphatic heterocycles. The molecule has 0 aromatic rings. The van der Waals surface area contributed by atoms with E-state index in [0.717, 1.165) is 0 Å². The predicted molar refractivity (Wildman–Crippen MR) is 40.4 cm³/mol. The summed E-state index contributed by atoms with van der Waals surface area (Å²) in [5, 5.41) is 0. The van der Waals surface area contributed by atoms with Crippen molar-refractivity contribution in [3.8, 4) is 0 Å². The molecule has 0 aliphatic rings. The van der Waals surface area contributed by atoms with Gasteiger partial charge in [-0.25, -0.2) is 8.42 Å². The quantitative estimate of drug-likeness (QED) is 0.615. The first-order valence-corrected chi connectivity index (χ1v) is 4.91. The highest BCUT2D eigenvalue weighted by Gasteiger charge is 2.09. The molecule has 0 heterocycles. The molecular weight excluding hydrogens is 176 g/mol. The molecule has 0 radical (unpaired) electrons. The summed E-state index contributed by atoms with van der Waals surface area (Å²) < 4.78 is 25.5. The standard InChI is InChI=1S/C5H9ClO3S/c1-5(3-4-9-2)10(6,7)8/h1,3-4H2,2H3. The van der Waals surface area contributed by atoms with Crippen molar-refractivity contribution < 1.29 is 13.2 Å². The van der Waals surface area contributed by atoms with Gasteiger partial charge < -0.3 is 4.74 Å². The number of hydrogen-bond acceptors (Lipinski definition) is 3. The van der Waals surface area contributed by atoms with Gasteiger partial charge in [-0.3, -0.25) is 0 Å². The lowest BCUT2D eigenvalue weighted by Crippen LogP contribution is -1.97. The van der Waals surface area contributed by atoms with Crippen LogP contribution in [0, 0.1) is 0 Å². The Labute approximate surface area is 65.1 Å². The molecule has 0 spiro atoms. The van der Waals surface area contributed by atoms with Gasteiger partial charge in [0.2, 0.25) is 0 Å². The van der Waals surface area contributed by atoms with E-state index < -0.39 is 9.05 Å². The van der Waals surface area contributed by atoms with Crippen LogP contribution < -0.4 is 0 Å². The Balaban J connectivity index is 3.88. The number of hydrogen-bond donors (Lipinski definition) is 0. The molecule has 0 atom stereocenters. The Bertz CT molecular complexity index is 207. The van der Waals surface area contributed by atoms with Crippen LogP contribution >= 0.6 is 10.7 Å². The van der Waals surface area contributed by atoms with E-state index in [1.54, 1.807) is 0 Å². The number of ether oxygens (including phenoxy) is 1. The lowest BCUT2D eigenvalue weighted by Gasteiger charge is -1.98. The van der Waals surface area contributed by atoms with E-state index in [2.05, 4.69) is 11.3 Å². The summed E-state index contributed by atoms with van der Waals surface area (Å²) in [6.07, 6.45) is 0.252. The zero-order valence-corrected chi connectivity index (χ0v) is 7.20. The van der Waals surface area contributed by atoms with Gasteiger partial charge in [0.25, 0.3) is 9.05 Å². The first-order valence-electron chi connectivity index (χ1n) is 2.60. The molecule has 60 valence electrons. The third-order valence-electron chi connectivity index (χ3n) is 0.930. The Morgan fingerprint density at radius 1 is 1.70 bits per heavy atom. The van der Waals surface area contributed by atoms with Crippen molar-refractivity contribution in [3.63, 3.8) is 0 Å². The van der Waals surface area contributed by atoms with Crippen LogP contribution in [0.25, 0.3) is 0 Å². The number of halogens is 1. The van der Waals surface area contributed by atoms with Crippen LogP contribution in [0.5, 0.6) is 0 Å². The molecule has 0 unspecified atom stereocenters. The zero-order valence-electron chi connectivity index (χ0n) is 5.63. The zero-order chi connectivity index (χ0) is 8.20. The molecule has 0 aromatic carbocycles. The van der Waals surface area contributed by atoms with E-state index >= 15 is 0 Å². The van der Waals surface area contributed by atoms with E-state index in [9.17, 15) is 8.42 Å². The largest absolute Gasteiger partial charge is 0.384 e. The monoisotopic (exact) mass is 184 g/mol. The molecule has 0 bridgehead atoms. The fourth-order valence-corrected chi connectivity index (χ4v) is 0.896. The van der Waals surface area contributed by atoms with Crippen molar-refractivity contribution in [1.82, 2.24) is 0 Å². The minimum atomic E-state index is -3.58. The first kappa shape index (κ1) is 9.94. The van der Waals surface area contributed by atoms with Gasteiger partial charge in [0, 0.05) is 24.2 Å². The summed E-state index contributed by atoms with van der Waals surface area (Å²) in [7, 11) is 2.84. The molecule has 5 heteroatoms. The third kappa shape index (κ3) is 3.87. The van der Waals surface area contributed by atoms with Gasteiger partial charge in [-0.05, 0) is 0 Å². The topological polar surface area (TPSA) is 43.4 Å². The van der Waals surface area contributed by atoms with Crippen LogP contribution in [-0.2, 0) is 13.8 Å². The van der Waals surface area contributed by atoms with Gasteiger partial charge >= 0.3 is 0 Å². The van der Waals surface area contributed by atoms with Crippen LogP contribution in [0.2, 0.25) is 0 Å². The van der Waals surface area contributed by atoms with E-state index in [1.807, 2.05) is 0 Å². The van der Waals surface area contributed by atoms with Crippen molar-refractivity contribution in [2.24, 2.45) is 0 Å². The molecule has 0 N–H and O–H groups in total. The number of methoxy groups -OCH3 is 1. The van der Waals surface area contributed by atoms with Crippen LogP contribution in [0.1, 0.15) is 6.42 Å². The van der Waals surface area contributed by atoms with Gasteiger partial charge in [-0.1, -0.05) is 6.58 Å². The molecule has 0 fully saturated rings. The van der Waals surface area contributed by atoms with Crippen molar-refractivity contribution in [3.05, 3.63) is 11.5 Å². The number of rotatable bonds is 4. The second-order valence-electron chi connectivity index (χ2n) is 1.72. The summed E-state index contributed by atoms with van der Waals surface area (Å²) in [4.78, 5) is -0.00369. The molecule has 0 aliphatic carbocycles. The second-order valence-corrected chi connectivity index (χ2v) is 4.39. The smallest absolute Gasteiger partial charge is 0.256 e. The lowest BCUT2D eigenvalue weighted by molar-refractivity contribution is 0.203. The summed E-state index contributed by atoms with van der Waals surface area (Å²) in [5.41, 5.74) is 0. The highest BCUT2D eigenvalue weighted by atomic mass is 35.7. The molecule has 0 amide bonds. The maximum absolute atomic E-state index is 10.4. The van der Waals surface area contributed by atoms with Crippen molar-refractivity contribution in [1.29, 1.82) is 0 Å². The normalized spacial score (nSPS) is 11.4. The van der Waals surface area contributed by atoms with E-state index in [-0.39, 0.29) is 11.3 Å². The Kier molecular flexibility index (Phi) is 3.93.